The predicted molar refractivity (Wildman–Crippen MR) is 189 cm³/mol. The summed E-state index contributed by atoms with van der Waals surface area (Å²) in [4.78, 5) is 9.01. The molecular formula is C42H23F3N4. The predicted octanol–water partition coefficient (Wildman–Crippen LogP) is 11.3. The van der Waals surface area contributed by atoms with Gasteiger partial charge in [0, 0.05) is 34.1 Å². The van der Waals surface area contributed by atoms with E-state index in [0.29, 0.717) is 11.4 Å². The Kier molecular flexibility index (Phi) is 6.30. The highest BCUT2D eigenvalue weighted by atomic mass is 19.4. The lowest BCUT2D eigenvalue weighted by Gasteiger charge is -2.18. The van der Waals surface area contributed by atoms with E-state index in [-0.39, 0.29) is 0 Å². The van der Waals surface area contributed by atoms with Gasteiger partial charge in [-0.05, 0) is 86.8 Å². The van der Waals surface area contributed by atoms with E-state index in [0.717, 1.165) is 88.8 Å². The molecular weight excluding hydrogens is 617 g/mol. The van der Waals surface area contributed by atoms with Gasteiger partial charge in [0.1, 0.15) is 5.82 Å². The molecule has 9 aromatic rings. The van der Waals surface area contributed by atoms with E-state index >= 15 is 0 Å². The van der Waals surface area contributed by atoms with E-state index in [1.54, 1.807) is 6.07 Å². The molecule has 0 unspecified atom stereocenters. The summed E-state index contributed by atoms with van der Waals surface area (Å²) in [7, 11) is 0. The van der Waals surface area contributed by atoms with Crippen LogP contribution in [0.2, 0.25) is 0 Å². The highest BCUT2D eigenvalue weighted by Crippen LogP contribution is 2.46. The Balaban J connectivity index is 1.34. The van der Waals surface area contributed by atoms with Crippen molar-refractivity contribution < 1.29 is 13.2 Å². The Morgan fingerprint density at radius 3 is 1.90 bits per heavy atom. The summed E-state index contributed by atoms with van der Waals surface area (Å²) >= 11 is 0. The summed E-state index contributed by atoms with van der Waals surface area (Å²) in [6, 6.07) is 43.3. The van der Waals surface area contributed by atoms with Crippen LogP contribution in [-0.4, -0.2) is 14.5 Å². The molecule has 0 aliphatic heterocycles. The van der Waals surface area contributed by atoms with Crippen molar-refractivity contribution in [3.8, 4) is 34.1 Å². The molecule has 9 rings (SSSR count). The second-order valence-electron chi connectivity index (χ2n) is 12.0. The molecule has 3 heterocycles. The number of alkyl halides is 3. The number of nitrogens with zero attached hydrogens (tertiary/aromatic N) is 4. The van der Waals surface area contributed by atoms with Gasteiger partial charge in [0.25, 0.3) is 0 Å². The molecule has 6 aromatic carbocycles. The molecule has 0 aliphatic rings. The molecule has 0 spiro atoms. The van der Waals surface area contributed by atoms with Crippen molar-refractivity contribution in [3.63, 3.8) is 0 Å². The summed E-state index contributed by atoms with van der Waals surface area (Å²) in [6.07, 6.45) is -1.81. The number of hydrogen-bond donors (Lipinski definition) is 0. The fraction of sp³-hybridized carbons (Fsp3) is 0.0238. The van der Waals surface area contributed by atoms with E-state index in [2.05, 4.69) is 83.8 Å². The van der Waals surface area contributed by atoms with E-state index < -0.39 is 11.7 Å². The Morgan fingerprint density at radius 2 is 1.24 bits per heavy atom. The Labute approximate surface area is 277 Å². The van der Waals surface area contributed by atoms with Crippen molar-refractivity contribution in [2.24, 2.45) is 0 Å². The number of rotatable bonds is 3. The summed E-state index contributed by atoms with van der Waals surface area (Å²) in [5.41, 5.74) is 6.34. The minimum atomic E-state index is -4.49. The first-order chi connectivity index (χ1) is 23.9. The first kappa shape index (κ1) is 28.7. The van der Waals surface area contributed by atoms with Gasteiger partial charge >= 0.3 is 6.18 Å². The van der Waals surface area contributed by atoms with Gasteiger partial charge in [-0.1, -0.05) is 78.9 Å². The molecule has 0 saturated heterocycles. The molecule has 49 heavy (non-hydrogen) atoms. The second kappa shape index (κ2) is 10.8. The zero-order valence-corrected chi connectivity index (χ0v) is 25.7. The number of nitriles is 1. The van der Waals surface area contributed by atoms with Crippen LogP contribution in [0.25, 0.3) is 82.3 Å². The van der Waals surface area contributed by atoms with Crippen LogP contribution in [0.1, 0.15) is 11.1 Å². The van der Waals surface area contributed by atoms with Crippen molar-refractivity contribution in [2.45, 2.75) is 6.18 Å². The molecule has 0 bridgehead atoms. The molecule has 7 heteroatoms. The summed E-state index contributed by atoms with van der Waals surface area (Å²) in [5.74, 6) is 0.356. The van der Waals surface area contributed by atoms with Gasteiger partial charge in [-0.2, -0.15) is 18.4 Å². The molecule has 0 N–H and O–H groups in total. The van der Waals surface area contributed by atoms with Crippen molar-refractivity contribution in [3.05, 3.63) is 151 Å². The van der Waals surface area contributed by atoms with Crippen LogP contribution in [0.5, 0.6) is 0 Å². The van der Waals surface area contributed by atoms with Crippen LogP contribution in [-0.2, 0) is 6.18 Å². The lowest BCUT2D eigenvalue weighted by molar-refractivity contribution is -0.137. The van der Waals surface area contributed by atoms with E-state index in [4.69, 9.17) is 4.98 Å². The summed E-state index contributed by atoms with van der Waals surface area (Å²) in [5, 5.41) is 16.9. The average molecular weight is 641 g/mol. The Hall–Kier alpha value is -6.52. The van der Waals surface area contributed by atoms with Gasteiger partial charge in [-0.3, -0.25) is 9.55 Å². The van der Waals surface area contributed by atoms with Crippen LogP contribution in [0.4, 0.5) is 13.2 Å². The number of halogens is 3. The average Bonchev–Trinajstić information content (AvgIpc) is 3.46. The topological polar surface area (TPSA) is 54.5 Å². The molecule has 0 atom stereocenters. The smallest absolute Gasteiger partial charge is 0.294 e. The summed E-state index contributed by atoms with van der Waals surface area (Å²) in [6.45, 7) is 0. The van der Waals surface area contributed by atoms with Crippen molar-refractivity contribution in [2.75, 3.05) is 0 Å². The SMILES string of the molecule is N#Cc1ccc2c(c1)c1cc(-c3c4ccccc4c(-c4cccc5cccnc45)c4ccccc34)ccc1n2-c1ccc(C(F)(F)F)cn1. The van der Waals surface area contributed by atoms with Gasteiger partial charge in [0.15, 0.2) is 0 Å². The number of para-hydroxylation sites is 1. The molecule has 0 fully saturated rings. The van der Waals surface area contributed by atoms with Crippen LogP contribution >= 0.6 is 0 Å². The maximum absolute atomic E-state index is 13.4. The highest BCUT2D eigenvalue weighted by Gasteiger charge is 2.31. The Bertz CT molecular complexity index is 2760. The number of hydrogen-bond acceptors (Lipinski definition) is 3. The zero-order valence-electron chi connectivity index (χ0n) is 25.7. The molecule has 0 aliphatic carbocycles. The van der Waals surface area contributed by atoms with Crippen molar-refractivity contribution in [1.82, 2.24) is 14.5 Å². The van der Waals surface area contributed by atoms with Crippen LogP contribution < -0.4 is 0 Å². The van der Waals surface area contributed by atoms with Gasteiger partial charge in [0.05, 0.1) is 33.7 Å². The normalized spacial score (nSPS) is 12.0. The van der Waals surface area contributed by atoms with Gasteiger partial charge < -0.3 is 0 Å². The lowest BCUT2D eigenvalue weighted by Crippen LogP contribution is -2.06. The van der Waals surface area contributed by atoms with E-state index in [1.807, 2.05) is 47.2 Å². The number of pyridine rings is 2. The minimum Gasteiger partial charge on any atom is -0.294 e. The fourth-order valence-electron chi connectivity index (χ4n) is 7.22. The first-order valence-electron chi connectivity index (χ1n) is 15.7. The second-order valence-corrected chi connectivity index (χ2v) is 12.0. The zero-order chi connectivity index (χ0) is 33.3. The quantitative estimate of drug-likeness (QED) is 0.181. The number of aromatic nitrogens is 3. The van der Waals surface area contributed by atoms with E-state index in [9.17, 15) is 18.4 Å². The van der Waals surface area contributed by atoms with Gasteiger partial charge in [-0.25, -0.2) is 4.98 Å². The van der Waals surface area contributed by atoms with Crippen molar-refractivity contribution in [1.29, 1.82) is 5.26 Å². The van der Waals surface area contributed by atoms with Gasteiger partial charge in [0.2, 0.25) is 0 Å². The third kappa shape index (κ3) is 4.45. The first-order valence-corrected chi connectivity index (χ1v) is 15.7. The number of benzene rings is 6. The number of fused-ring (bicyclic) bond motifs is 6. The molecule has 4 nitrogen and oxygen atoms in total. The molecule has 3 aromatic heterocycles. The molecule has 0 saturated carbocycles. The minimum absolute atomic E-state index is 0.356. The standard InChI is InChI=1S/C42H23F3N4/c43-42(44,45)28-16-19-38(48-24-28)49-36-17-14-25(23-46)21-34(36)35-22-27(15-18-37(35)49)39-29-9-1-3-11-31(29)40(32-12-4-2-10-30(32)39)33-13-5-7-26-8-6-20-47-41(26)33/h1-22,24H. The monoisotopic (exact) mass is 640 g/mol. The molecule has 232 valence electrons. The highest BCUT2D eigenvalue weighted by molar-refractivity contribution is 6.24. The lowest BCUT2D eigenvalue weighted by atomic mass is 9.85. The summed E-state index contributed by atoms with van der Waals surface area (Å²) < 4.78 is 42.0. The third-order valence-electron chi connectivity index (χ3n) is 9.32. The van der Waals surface area contributed by atoms with Crippen LogP contribution in [0, 0.1) is 11.3 Å². The van der Waals surface area contributed by atoms with Crippen LogP contribution in [0.3, 0.4) is 0 Å². The third-order valence-corrected chi connectivity index (χ3v) is 9.32. The molecule has 0 amide bonds. The maximum Gasteiger partial charge on any atom is 0.417 e. The van der Waals surface area contributed by atoms with Crippen molar-refractivity contribution >= 4 is 54.3 Å². The van der Waals surface area contributed by atoms with Crippen LogP contribution in [0.15, 0.2) is 140 Å². The van der Waals surface area contributed by atoms with Gasteiger partial charge in [-0.15, -0.1) is 0 Å². The largest absolute Gasteiger partial charge is 0.417 e. The maximum atomic E-state index is 13.4. The Morgan fingerprint density at radius 1 is 0.592 bits per heavy atom. The molecule has 0 radical (unpaired) electrons. The fourth-order valence-corrected chi connectivity index (χ4v) is 7.22. The van der Waals surface area contributed by atoms with E-state index in [1.165, 1.54) is 6.07 Å².